The molecule has 0 spiro atoms. The number of ether oxygens (including phenoxy) is 1. The maximum absolute atomic E-state index is 12.5. The molecule has 184 valence electrons. The zero-order valence-electron chi connectivity index (χ0n) is 20.3. The number of aryl methyl sites for hydroxylation is 1. The van der Waals surface area contributed by atoms with Crippen LogP contribution in [-0.4, -0.2) is 21.2 Å². The van der Waals surface area contributed by atoms with Gasteiger partial charge in [0.15, 0.2) is 5.71 Å². The van der Waals surface area contributed by atoms with Gasteiger partial charge < -0.3 is 4.74 Å². The van der Waals surface area contributed by atoms with E-state index in [9.17, 15) is 13.7 Å². The van der Waals surface area contributed by atoms with Crippen molar-refractivity contribution < 1.29 is 17.4 Å². The Bertz CT molecular complexity index is 1020. The highest BCUT2D eigenvalue weighted by atomic mass is 32.2. The predicted molar refractivity (Wildman–Crippen MR) is 135 cm³/mol. The van der Waals surface area contributed by atoms with Crippen LogP contribution in [0.3, 0.4) is 0 Å². The number of benzene rings is 2. The number of methoxy groups -OCH3 is 1. The van der Waals surface area contributed by atoms with E-state index < -0.39 is 10.1 Å². The molecule has 0 aromatic heterocycles. The Kier molecular flexibility index (Phi) is 12.2. The minimum Gasteiger partial charge on any atom is -0.497 e. The summed E-state index contributed by atoms with van der Waals surface area (Å²) in [6, 6.07) is 15.1. The van der Waals surface area contributed by atoms with Crippen LogP contribution in [0.1, 0.15) is 82.3 Å². The van der Waals surface area contributed by atoms with Crippen molar-refractivity contribution in [2.24, 2.45) is 5.16 Å². The van der Waals surface area contributed by atoms with Crippen LogP contribution in [0.5, 0.6) is 5.75 Å². The van der Waals surface area contributed by atoms with Gasteiger partial charge in [-0.1, -0.05) is 82.0 Å². The number of rotatable bonds is 16. The van der Waals surface area contributed by atoms with E-state index in [2.05, 4.69) is 12.1 Å². The average molecular weight is 485 g/mol. The molecule has 0 aliphatic rings. The molecule has 7 heteroatoms. The first-order chi connectivity index (χ1) is 16.5. The summed E-state index contributed by atoms with van der Waals surface area (Å²) in [6.07, 6.45) is 13.8. The van der Waals surface area contributed by atoms with Crippen LogP contribution in [0, 0.1) is 11.3 Å². The van der Waals surface area contributed by atoms with Crippen molar-refractivity contribution in [2.75, 3.05) is 7.11 Å². The third-order valence-electron chi connectivity index (χ3n) is 5.73. The summed E-state index contributed by atoms with van der Waals surface area (Å²) in [4.78, 5) is 0.00935. The molecule has 2 aromatic carbocycles. The van der Waals surface area contributed by atoms with E-state index in [0.29, 0.717) is 11.3 Å². The van der Waals surface area contributed by atoms with Crippen LogP contribution < -0.4 is 4.74 Å². The second kappa shape index (κ2) is 15.1. The number of hydrogen-bond acceptors (Lipinski definition) is 6. The van der Waals surface area contributed by atoms with Crippen molar-refractivity contribution in [2.45, 2.75) is 82.4 Å². The Hall–Kier alpha value is -2.85. The molecule has 0 unspecified atom stereocenters. The highest BCUT2D eigenvalue weighted by Gasteiger charge is 2.17. The first kappa shape index (κ1) is 27.4. The second-order valence-corrected chi connectivity index (χ2v) is 9.91. The summed E-state index contributed by atoms with van der Waals surface area (Å²) < 4.78 is 34.8. The zero-order valence-corrected chi connectivity index (χ0v) is 21.1. The van der Waals surface area contributed by atoms with Gasteiger partial charge in [0, 0.05) is 5.56 Å². The molecule has 0 radical (unpaired) electrons. The lowest BCUT2D eigenvalue weighted by Gasteiger charge is -2.06. The standard InChI is InChI=1S/C27H36N2O4S/c1-3-4-5-6-7-8-9-10-11-12-13-23-14-20-26(21-15-23)34(30,31)33-29-27(22-28)24-16-18-25(32-2)19-17-24/h14-21H,3-13H2,1-2H3. The minimum absolute atomic E-state index is 0.00935. The fourth-order valence-electron chi connectivity index (χ4n) is 3.66. The molecule has 34 heavy (non-hydrogen) atoms. The fraction of sp³-hybridized carbons (Fsp3) is 0.481. The van der Waals surface area contributed by atoms with Crippen molar-refractivity contribution in [3.8, 4) is 11.8 Å². The summed E-state index contributed by atoms with van der Waals surface area (Å²) in [6.45, 7) is 2.24. The maximum Gasteiger partial charge on any atom is 0.358 e. The van der Waals surface area contributed by atoms with Crippen LogP contribution in [0.25, 0.3) is 0 Å². The molecule has 2 rings (SSSR count). The van der Waals surface area contributed by atoms with Gasteiger partial charge in [-0.15, -0.1) is 0 Å². The third kappa shape index (κ3) is 9.56. The van der Waals surface area contributed by atoms with Crippen molar-refractivity contribution in [3.05, 3.63) is 59.7 Å². The van der Waals surface area contributed by atoms with E-state index in [1.54, 1.807) is 24.3 Å². The molecular weight excluding hydrogens is 448 g/mol. The highest BCUT2D eigenvalue weighted by Crippen LogP contribution is 2.18. The number of unbranched alkanes of at least 4 members (excludes halogenated alkanes) is 9. The monoisotopic (exact) mass is 484 g/mol. The molecule has 0 saturated heterocycles. The molecule has 0 bridgehead atoms. The average Bonchev–Trinajstić information content (AvgIpc) is 2.86. The van der Waals surface area contributed by atoms with Crippen molar-refractivity contribution in [1.29, 1.82) is 5.26 Å². The topological polar surface area (TPSA) is 88.8 Å². The zero-order chi connectivity index (χ0) is 24.7. The largest absolute Gasteiger partial charge is 0.497 e. The van der Waals surface area contributed by atoms with Crippen LogP contribution in [0.15, 0.2) is 58.6 Å². The van der Waals surface area contributed by atoms with Crippen molar-refractivity contribution in [1.82, 2.24) is 0 Å². The molecule has 0 aliphatic heterocycles. The second-order valence-electron chi connectivity index (χ2n) is 8.38. The number of oxime groups is 1. The van der Waals surface area contributed by atoms with Crippen LogP contribution >= 0.6 is 0 Å². The Morgan fingerprint density at radius 1 is 0.853 bits per heavy atom. The van der Waals surface area contributed by atoms with Gasteiger partial charge in [0.25, 0.3) is 0 Å². The molecule has 0 N–H and O–H groups in total. The van der Waals surface area contributed by atoms with Crippen LogP contribution in [-0.2, 0) is 20.8 Å². The van der Waals surface area contributed by atoms with Gasteiger partial charge in [0.05, 0.1) is 7.11 Å². The summed E-state index contributed by atoms with van der Waals surface area (Å²) in [5.74, 6) is 0.618. The molecule has 0 atom stereocenters. The molecule has 0 saturated carbocycles. The Labute approximate surface area is 204 Å². The highest BCUT2D eigenvalue weighted by molar-refractivity contribution is 7.86. The van der Waals surface area contributed by atoms with E-state index in [-0.39, 0.29) is 10.6 Å². The van der Waals surface area contributed by atoms with E-state index in [1.165, 1.54) is 77.0 Å². The van der Waals surface area contributed by atoms with Gasteiger partial charge in [-0.3, -0.25) is 4.28 Å². The van der Waals surface area contributed by atoms with Crippen molar-refractivity contribution >= 4 is 15.8 Å². The molecule has 0 fully saturated rings. The molecular formula is C27H36N2O4S. The van der Waals surface area contributed by atoms with Crippen LogP contribution in [0.4, 0.5) is 0 Å². The molecule has 0 amide bonds. The normalized spacial score (nSPS) is 11.7. The Balaban J connectivity index is 1.79. The SMILES string of the molecule is CCCCCCCCCCCCc1ccc(S(=O)(=O)ON=C(C#N)c2ccc(OC)cc2)cc1. The van der Waals surface area contributed by atoms with Gasteiger partial charge in [0.1, 0.15) is 16.7 Å². The molecule has 0 aliphatic carbocycles. The van der Waals surface area contributed by atoms with E-state index >= 15 is 0 Å². The lowest BCUT2D eigenvalue weighted by molar-refractivity contribution is 0.339. The Morgan fingerprint density at radius 3 is 1.94 bits per heavy atom. The smallest absolute Gasteiger partial charge is 0.358 e. The maximum atomic E-state index is 12.5. The lowest BCUT2D eigenvalue weighted by atomic mass is 10.0. The quantitative estimate of drug-likeness (QED) is 0.149. The van der Waals surface area contributed by atoms with Crippen LogP contribution in [0.2, 0.25) is 0 Å². The fourth-order valence-corrected chi connectivity index (χ4v) is 4.38. The van der Waals surface area contributed by atoms with Gasteiger partial charge in [-0.2, -0.15) is 13.7 Å². The molecule has 2 aromatic rings. The summed E-state index contributed by atoms with van der Waals surface area (Å²) in [5, 5.41) is 12.9. The summed E-state index contributed by atoms with van der Waals surface area (Å²) >= 11 is 0. The molecule has 0 heterocycles. The number of nitriles is 1. The van der Waals surface area contributed by atoms with Gasteiger partial charge in [0.2, 0.25) is 0 Å². The molecule has 6 nitrogen and oxygen atoms in total. The first-order valence-corrected chi connectivity index (χ1v) is 13.6. The predicted octanol–water partition coefficient (Wildman–Crippen LogP) is 6.79. The van der Waals surface area contributed by atoms with E-state index in [0.717, 1.165) is 18.4 Å². The number of hydrogen-bond donors (Lipinski definition) is 0. The lowest BCUT2D eigenvalue weighted by Crippen LogP contribution is -2.06. The first-order valence-electron chi connectivity index (χ1n) is 12.1. The number of nitrogens with zero attached hydrogens (tertiary/aromatic N) is 2. The summed E-state index contributed by atoms with van der Waals surface area (Å²) in [5.41, 5.74) is 1.40. The minimum atomic E-state index is -4.11. The Morgan fingerprint density at radius 2 is 1.41 bits per heavy atom. The van der Waals surface area contributed by atoms with Gasteiger partial charge in [-0.25, -0.2) is 0 Å². The van der Waals surface area contributed by atoms with Gasteiger partial charge in [-0.05, 0) is 54.8 Å². The van der Waals surface area contributed by atoms with Crippen molar-refractivity contribution in [3.63, 3.8) is 0 Å². The van der Waals surface area contributed by atoms with Gasteiger partial charge >= 0.3 is 10.1 Å². The summed E-state index contributed by atoms with van der Waals surface area (Å²) in [7, 11) is -2.58. The van der Waals surface area contributed by atoms with E-state index in [1.807, 2.05) is 18.2 Å². The van der Waals surface area contributed by atoms with E-state index in [4.69, 9.17) is 9.02 Å². The third-order valence-corrected chi connectivity index (χ3v) is 6.85.